The Labute approximate surface area is 136 Å². The highest BCUT2D eigenvalue weighted by molar-refractivity contribution is 5.84. The van der Waals surface area contributed by atoms with Crippen molar-refractivity contribution in [2.75, 3.05) is 0 Å². The van der Waals surface area contributed by atoms with E-state index in [2.05, 4.69) is 12.2 Å². The van der Waals surface area contributed by atoms with E-state index in [9.17, 15) is 14.0 Å². The predicted octanol–water partition coefficient (Wildman–Crippen LogP) is 2.99. The van der Waals surface area contributed by atoms with Gasteiger partial charge in [-0.3, -0.25) is 9.59 Å². The SMILES string of the molecule is C[C@H](OC(=O)Cc1ccc(F)cc1)C(=O)N[C@H]1CCCC[C@H]1C. The van der Waals surface area contributed by atoms with Crippen LogP contribution >= 0.6 is 0 Å². The standard InChI is InChI=1S/C18H24FNO3/c1-12-5-3-4-6-16(12)20-18(22)13(2)23-17(21)11-14-7-9-15(19)10-8-14/h7-10,12-13,16H,3-6,11H2,1-2H3,(H,20,22)/t12-,13+,16+/m1/s1. The third kappa shape index (κ3) is 5.34. The van der Waals surface area contributed by atoms with Crippen molar-refractivity contribution in [3.05, 3.63) is 35.6 Å². The number of amides is 1. The van der Waals surface area contributed by atoms with E-state index in [1.807, 2.05) is 0 Å². The number of esters is 1. The Balaban J connectivity index is 1.80. The van der Waals surface area contributed by atoms with Crippen molar-refractivity contribution in [3.63, 3.8) is 0 Å². The van der Waals surface area contributed by atoms with Crippen LogP contribution in [-0.2, 0) is 20.7 Å². The highest BCUT2D eigenvalue weighted by atomic mass is 19.1. The van der Waals surface area contributed by atoms with Crippen LogP contribution in [0.2, 0.25) is 0 Å². The first-order chi connectivity index (χ1) is 11.0. The molecule has 0 heterocycles. The molecule has 1 aliphatic carbocycles. The van der Waals surface area contributed by atoms with Crippen LogP contribution in [0.1, 0.15) is 45.1 Å². The number of carbonyl (C=O) groups is 2. The number of ether oxygens (including phenoxy) is 1. The maximum absolute atomic E-state index is 12.8. The summed E-state index contributed by atoms with van der Waals surface area (Å²) in [7, 11) is 0. The van der Waals surface area contributed by atoms with E-state index >= 15 is 0 Å². The van der Waals surface area contributed by atoms with Gasteiger partial charge in [-0.25, -0.2) is 4.39 Å². The summed E-state index contributed by atoms with van der Waals surface area (Å²) in [5.74, 6) is -0.640. The van der Waals surface area contributed by atoms with E-state index in [1.54, 1.807) is 6.92 Å². The van der Waals surface area contributed by atoms with Crippen molar-refractivity contribution < 1.29 is 18.7 Å². The summed E-state index contributed by atoms with van der Waals surface area (Å²) in [6.45, 7) is 3.71. The molecule has 0 bridgehead atoms. The van der Waals surface area contributed by atoms with Gasteiger partial charge >= 0.3 is 5.97 Å². The molecule has 1 fully saturated rings. The Hall–Kier alpha value is -1.91. The van der Waals surface area contributed by atoms with Crippen molar-refractivity contribution in [1.29, 1.82) is 0 Å². The lowest BCUT2D eigenvalue weighted by atomic mass is 9.86. The molecule has 1 aromatic carbocycles. The first-order valence-corrected chi connectivity index (χ1v) is 8.20. The minimum atomic E-state index is -0.822. The lowest BCUT2D eigenvalue weighted by molar-refractivity contribution is -0.154. The van der Waals surface area contributed by atoms with E-state index in [4.69, 9.17) is 4.74 Å². The molecule has 0 aliphatic heterocycles. The lowest BCUT2D eigenvalue weighted by Gasteiger charge is -2.30. The highest BCUT2D eigenvalue weighted by Crippen LogP contribution is 2.23. The molecule has 1 aromatic rings. The number of rotatable bonds is 5. The topological polar surface area (TPSA) is 55.4 Å². The van der Waals surface area contributed by atoms with Crippen LogP contribution in [0.4, 0.5) is 4.39 Å². The summed E-state index contributed by atoms with van der Waals surface area (Å²) in [6.07, 6.45) is 3.62. The number of hydrogen-bond donors (Lipinski definition) is 1. The molecule has 0 saturated heterocycles. The van der Waals surface area contributed by atoms with Gasteiger partial charge in [-0.15, -0.1) is 0 Å². The molecule has 5 heteroatoms. The second kappa shape index (κ2) is 8.09. The van der Waals surface area contributed by atoms with Crippen LogP contribution in [-0.4, -0.2) is 24.0 Å². The van der Waals surface area contributed by atoms with Crippen molar-refractivity contribution in [2.45, 2.75) is 58.1 Å². The summed E-state index contributed by atoms with van der Waals surface area (Å²) in [5.41, 5.74) is 0.657. The van der Waals surface area contributed by atoms with E-state index in [1.165, 1.54) is 30.7 Å². The van der Waals surface area contributed by atoms with E-state index in [-0.39, 0.29) is 24.2 Å². The van der Waals surface area contributed by atoms with Crippen LogP contribution in [0, 0.1) is 11.7 Å². The fourth-order valence-corrected chi connectivity index (χ4v) is 2.89. The van der Waals surface area contributed by atoms with E-state index < -0.39 is 12.1 Å². The molecule has 1 saturated carbocycles. The van der Waals surface area contributed by atoms with Gasteiger partial charge in [-0.2, -0.15) is 0 Å². The third-order valence-corrected chi connectivity index (χ3v) is 4.38. The summed E-state index contributed by atoms with van der Waals surface area (Å²) >= 11 is 0. The molecular formula is C18H24FNO3. The fourth-order valence-electron chi connectivity index (χ4n) is 2.89. The summed E-state index contributed by atoms with van der Waals surface area (Å²) in [4.78, 5) is 24.0. The largest absolute Gasteiger partial charge is 0.452 e. The minimum absolute atomic E-state index is 0.0255. The number of hydrogen-bond acceptors (Lipinski definition) is 3. The van der Waals surface area contributed by atoms with Gasteiger partial charge < -0.3 is 10.1 Å². The molecule has 2 rings (SSSR count). The van der Waals surface area contributed by atoms with E-state index in [0.29, 0.717) is 11.5 Å². The molecule has 3 atom stereocenters. The minimum Gasteiger partial charge on any atom is -0.452 e. The van der Waals surface area contributed by atoms with Crippen molar-refractivity contribution in [3.8, 4) is 0 Å². The summed E-state index contributed by atoms with van der Waals surface area (Å²) < 4.78 is 18.0. The number of nitrogens with one attached hydrogen (secondary N) is 1. The van der Waals surface area contributed by atoms with Crippen molar-refractivity contribution in [2.24, 2.45) is 5.92 Å². The molecule has 0 unspecified atom stereocenters. The van der Waals surface area contributed by atoms with Crippen molar-refractivity contribution in [1.82, 2.24) is 5.32 Å². The highest BCUT2D eigenvalue weighted by Gasteiger charge is 2.26. The molecule has 1 amide bonds. The maximum Gasteiger partial charge on any atom is 0.311 e. The van der Waals surface area contributed by atoms with Gasteiger partial charge in [0.15, 0.2) is 6.10 Å². The Kier molecular flexibility index (Phi) is 6.13. The Morgan fingerprint density at radius 3 is 2.57 bits per heavy atom. The molecule has 1 N–H and O–H groups in total. The van der Waals surface area contributed by atoms with E-state index in [0.717, 1.165) is 19.3 Å². The molecule has 126 valence electrons. The monoisotopic (exact) mass is 321 g/mol. The van der Waals surface area contributed by atoms with Crippen LogP contribution in [0.25, 0.3) is 0 Å². The summed E-state index contributed by atoms with van der Waals surface area (Å²) in [6, 6.07) is 5.82. The van der Waals surface area contributed by atoms with Gasteiger partial charge in [0.25, 0.3) is 5.91 Å². The smallest absolute Gasteiger partial charge is 0.311 e. The zero-order valence-electron chi connectivity index (χ0n) is 13.7. The normalized spacial score (nSPS) is 22.2. The van der Waals surface area contributed by atoms with Crippen LogP contribution in [0.5, 0.6) is 0 Å². The van der Waals surface area contributed by atoms with Gasteiger partial charge in [0, 0.05) is 6.04 Å². The molecule has 1 aliphatic rings. The Bertz CT molecular complexity index is 544. The zero-order valence-corrected chi connectivity index (χ0v) is 13.7. The van der Waals surface area contributed by atoms with Gasteiger partial charge in [-0.05, 0) is 43.4 Å². The number of benzene rings is 1. The summed E-state index contributed by atoms with van der Waals surface area (Å²) in [5, 5.41) is 2.98. The van der Waals surface area contributed by atoms with Crippen LogP contribution in [0.3, 0.4) is 0 Å². The second-order valence-electron chi connectivity index (χ2n) is 6.31. The van der Waals surface area contributed by atoms with Gasteiger partial charge in [0.05, 0.1) is 6.42 Å². The molecule has 0 aromatic heterocycles. The zero-order chi connectivity index (χ0) is 16.8. The molecule has 23 heavy (non-hydrogen) atoms. The molecule has 0 radical (unpaired) electrons. The first kappa shape index (κ1) is 17.4. The van der Waals surface area contributed by atoms with Gasteiger partial charge in [0.2, 0.25) is 0 Å². The third-order valence-electron chi connectivity index (χ3n) is 4.38. The lowest BCUT2D eigenvalue weighted by Crippen LogP contribution is -2.46. The molecule has 0 spiro atoms. The molecule has 4 nitrogen and oxygen atoms in total. The molecular weight excluding hydrogens is 297 g/mol. The van der Waals surface area contributed by atoms with Gasteiger partial charge in [-0.1, -0.05) is 31.9 Å². The Morgan fingerprint density at radius 2 is 1.91 bits per heavy atom. The predicted molar refractivity (Wildman–Crippen MR) is 85.2 cm³/mol. The average molecular weight is 321 g/mol. The van der Waals surface area contributed by atoms with Crippen molar-refractivity contribution >= 4 is 11.9 Å². The number of halogens is 1. The Morgan fingerprint density at radius 1 is 1.26 bits per heavy atom. The van der Waals surface area contributed by atoms with Crippen LogP contribution < -0.4 is 5.32 Å². The number of carbonyl (C=O) groups excluding carboxylic acids is 2. The maximum atomic E-state index is 12.8. The van der Waals surface area contributed by atoms with Crippen LogP contribution in [0.15, 0.2) is 24.3 Å². The first-order valence-electron chi connectivity index (χ1n) is 8.20. The fraction of sp³-hybridized carbons (Fsp3) is 0.556. The second-order valence-corrected chi connectivity index (χ2v) is 6.31. The quantitative estimate of drug-likeness (QED) is 0.848. The average Bonchev–Trinajstić information content (AvgIpc) is 2.51. The van der Waals surface area contributed by atoms with Gasteiger partial charge in [0.1, 0.15) is 5.82 Å².